The Labute approximate surface area is 87.5 Å². The molecule has 0 aromatic carbocycles. The van der Waals surface area contributed by atoms with Crippen LogP contribution >= 0.6 is 0 Å². The van der Waals surface area contributed by atoms with Crippen LogP contribution in [0.15, 0.2) is 0 Å². The van der Waals surface area contributed by atoms with Crippen molar-refractivity contribution in [2.45, 2.75) is 41.0 Å². The fraction of sp³-hybridized carbons (Fsp3) is 1.00. The van der Waals surface area contributed by atoms with Crippen molar-refractivity contribution < 1.29 is 0 Å². The Kier molecular flexibility index (Phi) is 0.947. The molecule has 5 saturated carbocycles. The fourth-order valence-corrected chi connectivity index (χ4v) is 7.26. The Morgan fingerprint density at radius 2 is 1.71 bits per heavy atom. The van der Waals surface area contributed by atoms with Crippen LogP contribution in [0, 0.1) is 45.8 Å². The van der Waals surface area contributed by atoms with Gasteiger partial charge in [0, 0.05) is 0 Å². The van der Waals surface area contributed by atoms with E-state index in [0.717, 1.165) is 45.8 Å². The molecule has 5 unspecified atom stereocenters. The lowest BCUT2D eigenvalue weighted by molar-refractivity contribution is 0.158. The first kappa shape index (κ1) is 8.19. The molecule has 0 N–H and O–H groups in total. The molecule has 0 saturated heterocycles. The van der Waals surface area contributed by atoms with E-state index in [2.05, 4.69) is 34.6 Å². The normalized spacial score (nSPS) is 76.7. The zero-order chi connectivity index (χ0) is 10.1. The molecule has 5 aliphatic rings. The van der Waals surface area contributed by atoms with Crippen LogP contribution in [0.2, 0.25) is 0 Å². The Bertz CT molecular complexity index is 326. The van der Waals surface area contributed by atoms with Gasteiger partial charge < -0.3 is 0 Å². The van der Waals surface area contributed by atoms with Crippen LogP contribution in [0.1, 0.15) is 41.0 Å². The molecule has 0 aromatic heterocycles. The SMILES string of the molecule is CC(C)C1C2CC(C)C3C4(C)C3(C)C214. The van der Waals surface area contributed by atoms with Crippen molar-refractivity contribution in [3.63, 3.8) is 0 Å². The molecule has 14 heavy (non-hydrogen) atoms. The molecule has 0 heterocycles. The average Bonchev–Trinajstić information content (AvgIpc) is 2.91. The van der Waals surface area contributed by atoms with Gasteiger partial charge in [-0.25, -0.2) is 0 Å². The summed E-state index contributed by atoms with van der Waals surface area (Å²) in [7, 11) is 0. The van der Waals surface area contributed by atoms with Gasteiger partial charge in [-0.3, -0.25) is 0 Å². The third kappa shape index (κ3) is 0.390. The minimum Gasteiger partial charge on any atom is -0.0625 e. The highest BCUT2D eigenvalue weighted by Crippen LogP contribution is 3.14. The van der Waals surface area contributed by atoms with Gasteiger partial charge in [-0.15, -0.1) is 0 Å². The summed E-state index contributed by atoms with van der Waals surface area (Å²) in [5, 5.41) is 0. The van der Waals surface area contributed by atoms with E-state index in [1.165, 1.54) is 0 Å². The fourth-order valence-electron chi connectivity index (χ4n) is 7.26. The summed E-state index contributed by atoms with van der Waals surface area (Å²) in [6.07, 6.45) is 1.55. The highest BCUT2D eigenvalue weighted by atomic mass is 15.1. The molecule has 5 fully saturated rings. The van der Waals surface area contributed by atoms with Gasteiger partial charge in [-0.1, -0.05) is 34.6 Å². The van der Waals surface area contributed by atoms with Crippen LogP contribution < -0.4 is 0 Å². The lowest BCUT2D eigenvalue weighted by atomic mass is 9.73. The van der Waals surface area contributed by atoms with Crippen molar-refractivity contribution >= 4 is 0 Å². The third-order valence-electron chi connectivity index (χ3n) is 7.24. The second-order valence-electron chi connectivity index (χ2n) is 7.34. The minimum atomic E-state index is 0.803. The van der Waals surface area contributed by atoms with Gasteiger partial charge in [0.25, 0.3) is 0 Å². The van der Waals surface area contributed by atoms with Crippen LogP contribution in [0.25, 0.3) is 0 Å². The number of rotatable bonds is 1. The van der Waals surface area contributed by atoms with E-state index in [1.807, 2.05) is 0 Å². The lowest BCUT2D eigenvalue weighted by Crippen LogP contribution is -2.26. The second-order valence-corrected chi connectivity index (χ2v) is 7.34. The van der Waals surface area contributed by atoms with Crippen molar-refractivity contribution in [2.75, 3.05) is 0 Å². The van der Waals surface area contributed by atoms with Crippen molar-refractivity contribution in [1.82, 2.24) is 0 Å². The van der Waals surface area contributed by atoms with Crippen molar-refractivity contribution in [3.8, 4) is 0 Å². The first-order valence-electron chi connectivity index (χ1n) is 6.45. The number of fused-ring (bicyclic) bond motifs is 1. The van der Waals surface area contributed by atoms with E-state index in [9.17, 15) is 0 Å². The maximum Gasteiger partial charge on any atom is -0.0108 e. The summed E-state index contributed by atoms with van der Waals surface area (Å²) in [6, 6.07) is 0. The molecular weight excluding hydrogens is 168 g/mol. The molecule has 0 aliphatic heterocycles. The first-order valence-corrected chi connectivity index (χ1v) is 6.45. The molecular formula is C14H22. The third-order valence-corrected chi connectivity index (χ3v) is 7.24. The predicted octanol–water partition coefficient (Wildman–Crippen LogP) is 3.57. The maximum atomic E-state index is 2.60. The summed E-state index contributed by atoms with van der Waals surface area (Å²) >= 11 is 0. The van der Waals surface area contributed by atoms with Crippen molar-refractivity contribution in [2.24, 2.45) is 45.8 Å². The van der Waals surface area contributed by atoms with Gasteiger partial charge in [0.15, 0.2) is 0 Å². The van der Waals surface area contributed by atoms with Crippen LogP contribution in [0.3, 0.4) is 0 Å². The summed E-state index contributed by atoms with van der Waals surface area (Å²) in [6.45, 7) is 12.6. The highest BCUT2D eigenvalue weighted by Gasteiger charge is 3.11. The predicted molar refractivity (Wildman–Crippen MR) is 57.7 cm³/mol. The van der Waals surface area contributed by atoms with E-state index < -0.39 is 0 Å². The topological polar surface area (TPSA) is 0 Å². The van der Waals surface area contributed by atoms with Crippen molar-refractivity contribution in [1.29, 1.82) is 0 Å². The van der Waals surface area contributed by atoms with Crippen LogP contribution in [0.5, 0.6) is 0 Å². The first-order chi connectivity index (χ1) is 6.45. The molecule has 0 amide bonds. The smallest absolute Gasteiger partial charge is 0.0108 e. The number of hydrogen-bond acceptors (Lipinski definition) is 0. The van der Waals surface area contributed by atoms with E-state index in [-0.39, 0.29) is 0 Å². The summed E-state index contributed by atoms with van der Waals surface area (Å²) < 4.78 is 0. The van der Waals surface area contributed by atoms with Gasteiger partial charge in [0.05, 0.1) is 0 Å². The molecule has 0 nitrogen and oxygen atoms in total. The van der Waals surface area contributed by atoms with Gasteiger partial charge in [0.2, 0.25) is 0 Å². The molecule has 2 bridgehead atoms. The summed E-state index contributed by atoms with van der Waals surface area (Å²) in [4.78, 5) is 0. The van der Waals surface area contributed by atoms with Crippen LogP contribution in [0.4, 0.5) is 0 Å². The van der Waals surface area contributed by atoms with Gasteiger partial charge in [-0.05, 0) is 52.3 Å². The second kappa shape index (κ2) is 1.62. The highest BCUT2D eigenvalue weighted by molar-refractivity contribution is 5.57. The van der Waals surface area contributed by atoms with E-state index in [1.54, 1.807) is 6.42 Å². The summed E-state index contributed by atoms with van der Waals surface area (Å²) in [5.74, 6) is 5.29. The van der Waals surface area contributed by atoms with Crippen LogP contribution in [-0.4, -0.2) is 0 Å². The molecule has 1 spiro atoms. The van der Waals surface area contributed by atoms with Gasteiger partial charge >= 0.3 is 0 Å². The zero-order valence-corrected chi connectivity index (χ0v) is 10.1. The van der Waals surface area contributed by atoms with Crippen LogP contribution in [-0.2, 0) is 0 Å². The molecule has 5 atom stereocenters. The molecule has 5 aliphatic carbocycles. The minimum absolute atomic E-state index is 0.803. The molecule has 78 valence electrons. The average molecular weight is 190 g/mol. The Morgan fingerprint density at radius 1 is 1.14 bits per heavy atom. The monoisotopic (exact) mass is 190 g/mol. The Balaban J connectivity index is 1.79. The largest absolute Gasteiger partial charge is 0.0625 e. The van der Waals surface area contributed by atoms with E-state index >= 15 is 0 Å². The molecule has 0 aromatic rings. The molecule has 0 heteroatoms. The Hall–Kier alpha value is 0. The van der Waals surface area contributed by atoms with Gasteiger partial charge in [-0.2, -0.15) is 0 Å². The lowest BCUT2D eigenvalue weighted by Gasteiger charge is -2.31. The molecule has 5 rings (SSSR count). The summed E-state index contributed by atoms with van der Waals surface area (Å²) in [5.41, 5.74) is 2.47. The Morgan fingerprint density at radius 3 is 2.21 bits per heavy atom. The maximum absolute atomic E-state index is 2.60. The van der Waals surface area contributed by atoms with Crippen molar-refractivity contribution in [3.05, 3.63) is 0 Å². The molecule has 0 radical (unpaired) electrons. The van der Waals surface area contributed by atoms with E-state index in [4.69, 9.17) is 0 Å². The zero-order valence-electron chi connectivity index (χ0n) is 10.1. The standard InChI is InChI=1S/C14H22/c1-7(2)10-9-6-8(3)11-12(4)13(11,5)14(9,10)12/h7-11H,6H2,1-5H3. The van der Waals surface area contributed by atoms with Gasteiger partial charge in [0.1, 0.15) is 0 Å². The quantitative estimate of drug-likeness (QED) is 0.593. The van der Waals surface area contributed by atoms with E-state index in [0.29, 0.717) is 0 Å². The number of hydrogen-bond donors (Lipinski definition) is 0.